The van der Waals surface area contributed by atoms with Gasteiger partial charge in [-0.15, -0.1) is 34.0 Å². The van der Waals surface area contributed by atoms with E-state index < -0.39 is 0 Å². The molecule has 0 fully saturated rings. The zero-order valence-electron chi connectivity index (χ0n) is 10.6. The van der Waals surface area contributed by atoms with E-state index in [4.69, 9.17) is 0 Å². The highest BCUT2D eigenvalue weighted by atomic mass is 32.1. The predicted octanol–water partition coefficient (Wildman–Crippen LogP) is 5.06. The lowest BCUT2D eigenvalue weighted by Crippen LogP contribution is -2.19. The van der Waals surface area contributed by atoms with Crippen molar-refractivity contribution < 1.29 is 0 Å². The normalized spacial score (nSPS) is 11.3. The van der Waals surface area contributed by atoms with Crippen molar-refractivity contribution in [3.8, 4) is 0 Å². The van der Waals surface area contributed by atoms with Gasteiger partial charge in [-0.3, -0.25) is 5.32 Å². The lowest BCUT2D eigenvalue weighted by atomic mass is 10.2. The van der Waals surface area contributed by atoms with Gasteiger partial charge in [-0.05, 0) is 41.9 Å². The Labute approximate surface area is 125 Å². The third-order valence-electron chi connectivity index (χ3n) is 2.93. The van der Waals surface area contributed by atoms with Crippen molar-refractivity contribution in [3.05, 3.63) is 66.7 Å². The molecular formula is C15H15NS3. The zero-order chi connectivity index (χ0) is 13.1. The summed E-state index contributed by atoms with van der Waals surface area (Å²) in [7, 11) is 0. The minimum absolute atomic E-state index is 0.322. The first-order chi connectivity index (χ1) is 9.33. The van der Waals surface area contributed by atoms with Gasteiger partial charge in [0.2, 0.25) is 0 Å². The Bertz CT molecular complexity index is 573. The van der Waals surface area contributed by atoms with Crippen molar-refractivity contribution in [2.75, 3.05) is 0 Å². The summed E-state index contributed by atoms with van der Waals surface area (Å²) in [4.78, 5) is 5.54. The van der Waals surface area contributed by atoms with Crippen LogP contribution in [0.3, 0.4) is 0 Å². The van der Waals surface area contributed by atoms with E-state index in [0.717, 1.165) is 6.54 Å². The lowest BCUT2D eigenvalue weighted by Gasteiger charge is -2.15. The monoisotopic (exact) mass is 305 g/mol. The molecule has 3 aromatic heterocycles. The first kappa shape index (κ1) is 13.1. The number of nitrogens with one attached hydrogen (secondary N) is 1. The van der Waals surface area contributed by atoms with Crippen LogP contribution in [-0.4, -0.2) is 0 Å². The molecule has 0 aliphatic heterocycles. The molecule has 0 bridgehead atoms. The van der Waals surface area contributed by atoms with E-state index in [1.807, 2.05) is 34.0 Å². The average Bonchev–Trinajstić information content (AvgIpc) is 3.11. The smallest absolute Gasteiger partial charge is 0.0767 e. The molecule has 0 aromatic carbocycles. The second kappa shape index (κ2) is 6.01. The van der Waals surface area contributed by atoms with Crippen molar-refractivity contribution in [1.29, 1.82) is 0 Å². The molecule has 0 aliphatic rings. The molecule has 0 radical (unpaired) electrons. The van der Waals surface area contributed by atoms with Crippen LogP contribution in [0.1, 0.15) is 25.6 Å². The van der Waals surface area contributed by atoms with E-state index in [2.05, 4.69) is 59.4 Å². The summed E-state index contributed by atoms with van der Waals surface area (Å²) in [6.45, 7) is 3.09. The highest BCUT2D eigenvalue weighted by molar-refractivity contribution is 7.12. The number of rotatable bonds is 5. The molecule has 4 heteroatoms. The van der Waals surface area contributed by atoms with Crippen molar-refractivity contribution >= 4 is 34.0 Å². The molecule has 3 aromatic rings. The third kappa shape index (κ3) is 3.15. The minimum Gasteiger partial charge on any atom is -0.300 e. The highest BCUT2D eigenvalue weighted by Gasteiger charge is 2.15. The molecular weight excluding hydrogens is 290 g/mol. The van der Waals surface area contributed by atoms with Gasteiger partial charge in [0.1, 0.15) is 0 Å². The molecule has 0 unspecified atom stereocenters. The molecule has 1 N–H and O–H groups in total. The molecule has 0 saturated heterocycles. The van der Waals surface area contributed by atoms with E-state index in [1.54, 1.807) is 0 Å². The van der Waals surface area contributed by atoms with Gasteiger partial charge < -0.3 is 0 Å². The summed E-state index contributed by atoms with van der Waals surface area (Å²) in [5.41, 5.74) is 0. The fraction of sp³-hybridized carbons (Fsp3) is 0.200. The summed E-state index contributed by atoms with van der Waals surface area (Å²) in [5.74, 6) is 0. The SMILES string of the molecule is Cc1ccc(CNC(c2cccs2)c2cccs2)s1. The lowest BCUT2D eigenvalue weighted by molar-refractivity contribution is 0.627. The Morgan fingerprint density at radius 2 is 1.68 bits per heavy atom. The Kier molecular flexibility index (Phi) is 4.13. The zero-order valence-corrected chi connectivity index (χ0v) is 13.1. The Balaban J connectivity index is 1.77. The molecule has 0 atom stereocenters. The van der Waals surface area contributed by atoms with Crippen LogP contribution in [0.2, 0.25) is 0 Å². The second-order valence-corrected chi connectivity index (χ2v) is 7.69. The van der Waals surface area contributed by atoms with Gasteiger partial charge in [-0.1, -0.05) is 12.1 Å². The van der Waals surface area contributed by atoms with Crippen LogP contribution in [0.15, 0.2) is 47.2 Å². The topological polar surface area (TPSA) is 12.0 Å². The van der Waals surface area contributed by atoms with E-state index in [9.17, 15) is 0 Å². The van der Waals surface area contributed by atoms with E-state index >= 15 is 0 Å². The van der Waals surface area contributed by atoms with Crippen LogP contribution in [-0.2, 0) is 6.54 Å². The van der Waals surface area contributed by atoms with E-state index in [1.165, 1.54) is 19.5 Å². The summed E-state index contributed by atoms with van der Waals surface area (Å²) in [5, 5.41) is 7.98. The quantitative estimate of drug-likeness (QED) is 0.695. The third-order valence-corrected chi connectivity index (χ3v) is 5.81. The maximum atomic E-state index is 3.69. The van der Waals surface area contributed by atoms with Crippen LogP contribution in [0.25, 0.3) is 0 Å². The molecule has 98 valence electrons. The fourth-order valence-corrected chi connectivity index (χ4v) is 4.59. The van der Waals surface area contributed by atoms with Crippen LogP contribution in [0.4, 0.5) is 0 Å². The molecule has 19 heavy (non-hydrogen) atoms. The molecule has 0 saturated carbocycles. The van der Waals surface area contributed by atoms with Crippen LogP contribution in [0, 0.1) is 6.92 Å². The average molecular weight is 305 g/mol. The maximum absolute atomic E-state index is 3.69. The van der Waals surface area contributed by atoms with Crippen LogP contribution < -0.4 is 5.32 Å². The van der Waals surface area contributed by atoms with Crippen LogP contribution in [0.5, 0.6) is 0 Å². The van der Waals surface area contributed by atoms with Gasteiger partial charge in [-0.2, -0.15) is 0 Å². The summed E-state index contributed by atoms with van der Waals surface area (Å²) < 4.78 is 0. The first-order valence-electron chi connectivity index (χ1n) is 6.18. The van der Waals surface area contributed by atoms with Gasteiger partial charge in [0.25, 0.3) is 0 Å². The Morgan fingerprint density at radius 1 is 1.00 bits per heavy atom. The Hall–Kier alpha value is -0.940. The van der Waals surface area contributed by atoms with Gasteiger partial charge in [0.15, 0.2) is 0 Å². The van der Waals surface area contributed by atoms with Crippen molar-refractivity contribution in [2.24, 2.45) is 0 Å². The van der Waals surface area contributed by atoms with Crippen molar-refractivity contribution in [1.82, 2.24) is 5.32 Å². The largest absolute Gasteiger partial charge is 0.300 e. The maximum Gasteiger partial charge on any atom is 0.0767 e. The number of aryl methyl sites for hydroxylation is 1. The van der Waals surface area contributed by atoms with Gasteiger partial charge >= 0.3 is 0 Å². The minimum atomic E-state index is 0.322. The highest BCUT2D eigenvalue weighted by Crippen LogP contribution is 2.29. The summed E-state index contributed by atoms with van der Waals surface area (Å²) >= 11 is 5.50. The van der Waals surface area contributed by atoms with E-state index in [0.29, 0.717) is 6.04 Å². The molecule has 3 heterocycles. The molecule has 0 spiro atoms. The fourth-order valence-electron chi connectivity index (χ4n) is 2.04. The molecule has 1 nitrogen and oxygen atoms in total. The number of hydrogen-bond donors (Lipinski definition) is 1. The molecule has 0 amide bonds. The standard InChI is InChI=1S/C15H15NS3/c1-11-6-7-12(19-11)10-16-15(13-4-2-8-17-13)14-5-3-9-18-14/h2-9,15-16H,10H2,1H3. The first-order valence-corrected chi connectivity index (χ1v) is 8.76. The summed E-state index contributed by atoms with van der Waals surface area (Å²) in [6.07, 6.45) is 0. The second-order valence-electron chi connectivity index (χ2n) is 4.36. The van der Waals surface area contributed by atoms with Gasteiger partial charge in [0.05, 0.1) is 6.04 Å². The molecule has 0 aliphatic carbocycles. The summed E-state index contributed by atoms with van der Waals surface area (Å²) in [6, 6.07) is 13.4. The van der Waals surface area contributed by atoms with Gasteiger partial charge in [-0.25, -0.2) is 0 Å². The number of thiophene rings is 3. The predicted molar refractivity (Wildman–Crippen MR) is 86.4 cm³/mol. The molecule has 3 rings (SSSR count). The Morgan fingerprint density at radius 3 is 2.16 bits per heavy atom. The van der Waals surface area contributed by atoms with E-state index in [-0.39, 0.29) is 0 Å². The number of hydrogen-bond acceptors (Lipinski definition) is 4. The van der Waals surface area contributed by atoms with Gasteiger partial charge in [0, 0.05) is 26.1 Å². The van der Waals surface area contributed by atoms with Crippen molar-refractivity contribution in [2.45, 2.75) is 19.5 Å². The van der Waals surface area contributed by atoms with Crippen molar-refractivity contribution in [3.63, 3.8) is 0 Å². The van der Waals surface area contributed by atoms with Crippen LogP contribution >= 0.6 is 34.0 Å².